The number of allylic oxidation sites excluding steroid dienone is 2. The smallest absolute Gasteiger partial charge is 0.338 e. The number of hydrogen-bond acceptors (Lipinski definition) is 6. The average Bonchev–Trinajstić information content (AvgIpc) is 3.15. The van der Waals surface area contributed by atoms with Crippen LogP contribution in [0.4, 0.5) is 0 Å². The molecule has 27 heavy (non-hydrogen) atoms. The van der Waals surface area contributed by atoms with E-state index >= 15 is 0 Å². The van der Waals surface area contributed by atoms with E-state index in [1.165, 1.54) is 0 Å². The number of rotatable bonds is 5. The molecule has 7 nitrogen and oxygen atoms in total. The molecule has 2 aromatic rings. The highest BCUT2D eigenvalue weighted by atomic mass is 16.5. The Bertz CT molecular complexity index is 952. The predicted molar refractivity (Wildman–Crippen MR) is 97.8 cm³/mol. The Morgan fingerprint density at radius 3 is 2.85 bits per heavy atom. The molecule has 0 amide bonds. The summed E-state index contributed by atoms with van der Waals surface area (Å²) in [5, 5.41) is 13.9. The number of ether oxygens (including phenoxy) is 2. The molecule has 0 saturated carbocycles. The normalized spacial score (nSPS) is 16.7. The average molecular weight is 364 g/mol. The molecule has 1 aromatic heterocycles. The zero-order valence-corrected chi connectivity index (χ0v) is 15.2. The minimum atomic E-state index is -0.658. The third-order valence-corrected chi connectivity index (χ3v) is 4.36. The van der Waals surface area contributed by atoms with Gasteiger partial charge in [0.2, 0.25) is 5.88 Å². The molecule has 2 heterocycles. The molecule has 1 aliphatic rings. The van der Waals surface area contributed by atoms with Gasteiger partial charge < -0.3 is 15.2 Å². The SMILES string of the molecule is CCOC(=O)C1=C(C)OC(N)=C(C#N)C1c1ccccc1Cn1cccn1. The van der Waals surface area contributed by atoms with Crippen LogP contribution in [0.15, 0.2) is 65.5 Å². The van der Waals surface area contributed by atoms with Gasteiger partial charge in [0.05, 0.1) is 24.6 Å². The molecule has 0 radical (unpaired) electrons. The first-order chi connectivity index (χ1) is 13.1. The Morgan fingerprint density at radius 1 is 1.41 bits per heavy atom. The van der Waals surface area contributed by atoms with Crippen molar-refractivity contribution in [3.8, 4) is 6.07 Å². The van der Waals surface area contributed by atoms with Crippen molar-refractivity contribution in [3.63, 3.8) is 0 Å². The summed E-state index contributed by atoms with van der Waals surface area (Å²) >= 11 is 0. The highest BCUT2D eigenvalue weighted by molar-refractivity contribution is 5.92. The van der Waals surface area contributed by atoms with Crippen molar-refractivity contribution >= 4 is 5.97 Å². The first kappa shape index (κ1) is 18.3. The van der Waals surface area contributed by atoms with Crippen LogP contribution in [0.3, 0.4) is 0 Å². The van der Waals surface area contributed by atoms with E-state index in [2.05, 4.69) is 11.2 Å². The maximum absolute atomic E-state index is 12.6. The number of hydrogen-bond donors (Lipinski definition) is 1. The maximum atomic E-state index is 12.6. The molecule has 1 aliphatic heterocycles. The zero-order chi connectivity index (χ0) is 19.4. The van der Waals surface area contributed by atoms with Crippen LogP contribution in [0.2, 0.25) is 0 Å². The molecule has 1 aromatic carbocycles. The quantitative estimate of drug-likeness (QED) is 0.818. The van der Waals surface area contributed by atoms with Crippen molar-refractivity contribution in [3.05, 3.63) is 76.6 Å². The molecule has 0 spiro atoms. The van der Waals surface area contributed by atoms with Crippen LogP contribution >= 0.6 is 0 Å². The predicted octanol–water partition coefficient (Wildman–Crippen LogP) is 2.58. The third kappa shape index (κ3) is 3.55. The second kappa shape index (κ2) is 7.79. The standard InChI is InChI=1S/C20H20N4O3/c1-3-26-20(25)17-13(2)27-19(22)16(11-21)18(17)15-8-5-4-7-14(15)12-24-10-6-9-23-24/h4-10,18H,3,12,22H2,1-2H3. The number of nitrogens with zero attached hydrogens (tertiary/aromatic N) is 3. The van der Waals surface area contributed by atoms with E-state index in [9.17, 15) is 10.1 Å². The lowest BCUT2D eigenvalue weighted by molar-refractivity contribution is -0.139. The van der Waals surface area contributed by atoms with Gasteiger partial charge in [-0.3, -0.25) is 4.68 Å². The lowest BCUT2D eigenvalue weighted by Crippen LogP contribution is -2.26. The van der Waals surface area contributed by atoms with Crippen LogP contribution in [0.1, 0.15) is 30.9 Å². The molecular weight excluding hydrogens is 344 g/mol. The lowest BCUT2D eigenvalue weighted by Gasteiger charge is -2.28. The van der Waals surface area contributed by atoms with E-state index in [0.717, 1.165) is 11.1 Å². The summed E-state index contributed by atoms with van der Waals surface area (Å²) in [7, 11) is 0. The molecule has 0 aliphatic carbocycles. The molecule has 0 bridgehead atoms. The van der Waals surface area contributed by atoms with Crippen LogP contribution in [0.5, 0.6) is 0 Å². The minimum absolute atomic E-state index is 0.00180. The fourth-order valence-corrected chi connectivity index (χ4v) is 3.19. The van der Waals surface area contributed by atoms with Gasteiger partial charge in [0.15, 0.2) is 0 Å². The fraction of sp³-hybridized carbons (Fsp3) is 0.250. The molecule has 2 N–H and O–H groups in total. The maximum Gasteiger partial charge on any atom is 0.338 e. The highest BCUT2D eigenvalue weighted by Gasteiger charge is 2.37. The Morgan fingerprint density at radius 2 is 2.19 bits per heavy atom. The lowest BCUT2D eigenvalue weighted by atomic mass is 9.81. The van der Waals surface area contributed by atoms with Crippen molar-refractivity contribution < 1.29 is 14.3 Å². The van der Waals surface area contributed by atoms with E-state index in [-0.39, 0.29) is 23.6 Å². The molecule has 3 rings (SSSR count). The Balaban J connectivity index is 2.14. The molecule has 7 heteroatoms. The van der Waals surface area contributed by atoms with Crippen LogP contribution in [0.25, 0.3) is 0 Å². The number of carbonyl (C=O) groups is 1. The van der Waals surface area contributed by atoms with Gasteiger partial charge >= 0.3 is 5.97 Å². The summed E-state index contributed by atoms with van der Waals surface area (Å²) in [4.78, 5) is 12.6. The van der Waals surface area contributed by atoms with E-state index in [1.54, 1.807) is 24.7 Å². The highest BCUT2D eigenvalue weighted by Crippen LogP contribution is 2.40. The van der Waals surface area contributed by atoms with Gasteiger partial charge in [-0.1, -0.05) is 24.3 Å². The monoisotopic (exact) mass is 364 g/mol. The summed E-state index contributed by atoms with van der Waals surface area (Å²) in [6, 6.07) is 11.5. The Kier molecular flexibility index (Phi) is 5.27. The Labute approximate surface area is 157 Å². The number of nitrogens with two attached hydrogens (primary N) is 1. The van der Waals surface area contributed by atoms with Gasteiger partial charge in [-0.25, -0.2) is 4.79 Å². The summed E-state index contributed by atoms with van der Waals surface area (Å²) in [6.45, 7) is 4.09. The number of esters is 1. The van der Waals surface area contributed by atoms with Crippen LogP contribution < -0.4 is 5.73 Å². The molecule has 1 atom stereocenters. The van der Waals surface area contributed by atoms with Gasteiger partial charge in [-0.2, -0.15) is 10.4 Å². The zero-order valence-electron chi connectivity index (χ0n) is 15.2. The fourth-order valence-electron chi connectivity index (χ4n) is 3.19. The molecular formula is C20H20N4O3. The first-order valence-electron chi connectivity index (χ1n) is 8.57. The van der Waals surface area contributed by atoms with E-state index in [1.807, 2.05) is 36.5 Å². The van der Waals surface area contributed by atoms with Crippen LogP contribution in [0, 0.1) is 11.3 Å². The van der Waals surface area contributed by atoms with Crippen LogP contribution in [-0.2, 0) is 20.8 Å². The molecule has 138 valence electrons. The Hall–Kier alpha value is -3.53. The summed E-state index contributed by atoms with van der Waals surface area (Å²) in [5.41, 5.74) is 8.15. The first-order valence-corrected chi connectivity index (χ1v) is 8.57. The van der Waals surface area contributed by atoms with Crippen molar-refractivity contribution in [1.29, 1.82) is 5.26 Å². The van der Waals surface area contributed by atoms with Crippen molar-refractivity contribution in [2.24, 2.45) is 5.73 Å². The van der Waals surface area contributed by atoms with Gasteiger partial charge in [-0.05, 0) is 31.0 Å². The minimum Gasteiger partial charge on any atom is -0.463 e. The molecule has 0 fully saturated rings. The molecule has 1 unspecified atom stereocenters. The van der Waals surface area contributed by atoms with Crippen molar-refractivity contribution in [1.82, 2.24) is 9.78 Å². The van der Waals surface area contributed by atoms with Gasteiger partial charge in [-0.15, -0.1) is 0 Å². The van der Waals surface area contributed by atoms with Gasteiger partial charge in [0.25, 0.3) is 0 Å². The van der Waals surface area contributed by atoms with Gasteiger partial charge in [0, 0.05) is 12.4 Å². The van der Waals surface area contributed by atoms with E-state index in [4.69, 9.17) is 15.2 Å². The number of benzene rings is 1. The number of carbonyl (C=O) groups excluding carboxylic acids is 1. The second-order valence-corrected chi connectivity index (χ2v) is 6.02. The van der Waals surface area contributed by atoms with Crippen molar-refractivity contribution in [2.75, 3.05) is 6.61 Å². The van der Waals surface area contributed by atoms with Crippen LogP contribution in [-0.4, -0.2) is 22.4 Å². The molecule has 0 saturated heterocycles. The van der Waals surface area contributed by atoms with E-state index < -0.39 is 11.9 Å². The second-order valence-electron chi connectivity index (χ2n) is 6.02. The van der Waals surface area contributed by atoms with Gasteiger partial charge in [0.1, 0.15) is 17.4 Å². The summed E-state index contributed by atoms with van der Waals surface area (Å²) in [6.07, 6.45) is 3.55. The van der Waals surface area contributed by atoms with E-state index in [0.29, 0.717) is 12.3 Å². The summed E-state index contributed by atoms with van der Waals surface area (Å²) in [5.74, 6) is -0.838. The number of nitriles is 1. The number of aromatic nitrogens is 2. The summed E-state index contributed by atoms with van der Waals surface area (Å²) < 4.78 is 12.4. The largest absolute Gasteiger partial charge is 0.463 e. The van der Waals surface area contributed by atoms with Crippen molar-refractivity contribution in [2.45, 2.75) is 26.3 Å². The topological polar surface area (TPSA) is 103 Å². The third-order valence-electron chi connectivity index (χ3n) is 4.36.